The Morgan fingerprint density at radius 1 is 0.739 bits per heavy atom. The minimum Gasteiger partial charge on any atom is -0.382 e. The van der Waals surface area contributed by atoms with E-state index in [0.29, 0.717) is 0 Å². The van der Waals surface area contributed by atoms with Crippen LogP contribution in [0.5, 0.6) is 0 Å². The van der Waals surface area contributed by atoms with Crippen molar-refractivity contribution < 1.29 is 0 Å². The molecule has 2 aliphatic carbocycles. The highest BCUT2D eigenvalue weighted by molar-refractivity contribution is 9.11. The lowest BCUT2D eigenvalue weighted by molar-refractivity contribution is 1.16. The number of hydrogen-bond acceptors (Lipinski definition) is 1. The molecule has 2 saturated carbocycles. The molecule has 5 heteroatoms. The normalized spacial score (nSPS) is 15.7. The van der Waals surface area contributed by atoms with Gasteiger partial charge < -0.3 is 5.32 Å². The van der Waals surface area contributed by atoms with Gasteiger partial charge in [0, 0.05) is 30.0 Å². The third-order valence-corrected chi connectivity index (χ3v) is 5.46. The van der Waals surface area contributed by atoms with Crippen molar-refractivity contribution in [2.24, 2.45) is 0 Å². The fraction of sp³-hybridized carbons (Fsp3) is 0.333. The lowest BCUT2D eigenvalue weighted by Crippen LogP contribution is -1.99. The van der Waals surface area contributed by atoms with Crippen LogP contribution >= 0.6 is 63.7 Å². The Kier molecular flexibility index (Phi) is 8.66. The summed E-state index contributed by atoms with van der Waals surface area (Å²) in [6, 6.07) is 17.0. The van der Waals surface area contributed by atoms with E-state index < -0.39 is 0 Å². The Labute approximate surface area is 172 Å². The molecule has 0 heterocycles. The predicted molar refractivity (Wildman–Crippen MR) is 115 cm³/mol. The number of halogens is 4. The van der Waals surface area contributed by atoms with Crippen LogP contribution in [0.4, 0.5) is 5.69 Å². The maximum Gasteiger partial charge on any atom is 0.0353 e. The third-order valence-electron chi connectivity index (χ3n) is 3.07. The van der Waals surface area contributed by atoms with E-state index in [1.807, 2.05) is 30.3 Å². The summed E-state index contributed by atoms with van der Waals surface area (Å²) < 4.78 is 3.35. The van der Waals surface area contributed by atoms with Crippen molar-refractivity contribution >= 4 is 69.4 Å². The first kappa shape index (κ1) is 19.5. The molecular formula is C18H19Br4N. The van der Waals surface area contributed by atoms with Crippen LogP contribution in [-0.4, -0.2) is 10.9 Å². The molecule has 0 amide bonds. The molecule has 124 valence electrons. The standard InChI is InChI=1S/C9H10BrN.C6H4Br2.C3H5Br/c10-7-2-1-3-9(6-7)11-8-4-5-8;7-5-2-1-3-6(8)4-5;4-3-1-2-3/h1-3,6,8,11H,4-5H2;1-4H;3H,1-2H2. The molecule has 2 fully saturated rings. The molecule has 2 aromatic carbocycles. The summed E-state index contributed by atoms with van der Waals surface area (Å²) in [6.45, 7) is 0. The molecule has 0 unspecified atom stereocenters. The van der Waals surface area contributed by atoms with Crippen LogP contribution in [0.1, 0.15) is 25.7 Å². The highest BCUT2D eigenvalue weighted by atomic mass is 79.9. The van der Waals surface area contributed by atoms with Crippen LogP contribution in [0.3, 0.4) is 0 Å². The second-order valence-electron chi connectivity index (χ2n) is 5.54. The summed E-state index contributed by atoms with van der Waals surface area (Å²) in [7, 11) is 0. The van der Waals surface area contributed by atoms with E-state index in [0.717, 1.165) is 24.3 Å². The zero-order valence-corrected chi connectivity index (χ0v) is 19.0. The molecule has 0 bridgehead atoms. The minimum absolute atomic E-state index is 0.740. The SMILES string of the molecule is BrC1CC1.Brc1cccc(Br)c1.Brc1cccc(NC2CC2)c1. The Morgan fingerprint density at radius 2 is 1.22 bits per heavy atom. The van der Waals surface area contributed by atoms with Crippen LogP contribution in [0.2, 0.25) is 0 Å². The summed E-state index contributed by atoms with van der Waals surface area (Å²) >= 11 is 13.5. The van der Waals surface area contributed by atoms with Gasteiger partial charge in [-0.1, -0.05) is 75.9 Å². The van der Waals surface area contributed by atoms with E-state index in [1.165, 1.54) is 31.4 Å². The summed E-state index contributed by atoms with van der Waals surface area (Å²) in [5.74, 6) is 0. The fourth-order valence-electron chi connectivity index (χ4n) is 1.56. The van der Waals surface area contributed by atoms with Crippen molar-refractivity contribution in [1.82, 2.24) is 0 Å². The van der Waals surface area contributed by atoms with Gasteiger partial charge in [0.05, 0.1) is 0 Å². The van der Waals surface area contributed by atoms with Crippen molar-refractivity contribution in [3.8, 4) is 0 Å². The Bertz CT molecular complexity index is 592. The molecule has 0 saturated heterocycles. The van der Waals surface area contributed by atoms with Gasteiger partial charge in [0.25, 0.3) is 0 Å². The molecular weight excluding hydrogens is 550 g/mol. The highest BCUT2D eigenvalue weighted by Crippen LogP contribution is 2.27. The topological polar surface area (TPSA) is 12.0 Å². The number of benzene rings is 2. The van der Waals surface area contributed by atoms with Crippen LogP contribution in [-0.2, 0) is 0 Å². The Hall–Kier alpha value is 0.160. The fourth-order valence-corrected chi connectivity index (χ4v) is 3.33. The molecule has 2 aliphatic rings. The van der Waals surface area contributed by atoms with Gasteiger partial charge in [-0.15, -0.1) is 0 Å². The second-order valence-corrected chi connectivity index (χ2v) is 9.59. The first-order chi connectivity index (χ1) is 11.0. The van der Waals surface area contributed by atoms with Gasteiger partial charge in [-0.25, -0.2) is 0 Å². The van der Waals surface area contributed by atoms with E-state index >= 15 is 0 Å². The number of anilines is 1. The molecule has 0 atom stereocenters. The van der Waals surface area contributed by atoms with Gasteiger partial charge in [-0.05, 0) is 62.1 Å². The van der Waals surface area contributed by atoms with Gasteiger partial charge in [0.15, 0.2) is 0 Å². The number of hydrogen-bond donors (Lipinski definition) is 1. The quantitative estimate of drug-likeness (QED) is 0.365. The molecule has 2 aromatic rings. The zero-order chi connectivity index (χ0) is 16.7. The molecule has 1 N–H and O–H groups in total. The zero-order valence-electron chi connectivity index (χ0n) is 12.6. The summed E-state index contributed by atoms with van der Waals surface area (Å²) in [6.07, 6.45) is 5.46. The van der Waals surface area contributed by atoms with Crippen LogP contribution in [0, 0.1) is 0 Å². The van der Waals surface area contributed by atoms with Crippen LogP contribution in [0.15, 0.2) is 61.9 Å². The van der Waals surface area contributed by atoms with Crippen molar-refractivity contribution in [2.45, 2.75) is 36.6 Å². The highest BCUT2D eigenvalue weighted by Gasteiger charge is 2.20. The van der Waals surface area contributed by atoms with Crippen molar-refractivity contribution in [3.63, 3.8) is 0 Å². The largest absolute Gasteiger partial charge is 0.382 e. The average Bonchev–Trinajstić information content (AvgIpc) is 3.39. The predicted octanol–water partition coefficient (Wildman–Crippen LogP) is 7.78. The summed E-state index contributed by atoms with van der Waals surface area (Å²) in [5.41, 5.74) is 1.22. The molecule has 0 radical (unpaired) electrons. The summed E-state index contributed by atoms with van der Waals surface area (Å²) in [4.78, 5) is 0.896. The Balaban J connectivity index is 0.000000140. The van der Waals surface area contributed by atoms with E-state index in [-0.39, 0.29) is 0 Å². The third kappa shape index (κ3) is 9.90. The first-order valence-corrected chi connectivity index (χ1v) is 10.9. The smallest absolute Gasteiger partial charge is 0.0353 e. The Morgan fingerprint density at radius 3 is 1.57 bits per heavy atom. The van der Waals surface area contributed by atoms with E-state index in [1.54, 1.807) is 0 Å². The van der Waals surface area contributed by atoms with Gasteiger partial charge in [0.1, 0.15) is 0 Å². The molecule has 0 spiro atoms. The molecule has 4 rings (SSSR count). The van der Waals surface area contributed by atoms with Crippen LogP contribution in [0.25, 0.3) is 0 Å². The van der Waals surface area contributed by atoms with Crippen molar-refractivity contribution in [1.29, 1.82) is 0 Å². The van der Waals surface area contributed by atoms with Crippen molar-refractivity contribution in [2.75, 3.05) is 5.32 Å². The van der Waals surface area contributed by atoms with Gasteiger partial charge in [-0.2, -0.15) is 0 Å². The monoisotopic (exact) mass is 565 g/mol. The van der Waals surface area contributed by atoms with Crippen LogP contribution < -0.4 is 5.32 Å². The lowest BCUT2D eigenvalue weighted by Gasteiger charge is -2.03. The van der Waals surface area contributed by atoms with E-state index in [4.69, 9.17) is 0 Å². The van der Waals surface area contributed by atoms with E-state index in [2.05, 4.69) is 87.2 Å². The van der Waals surface area contributed by atoms with Crippen molar-refractivity contribution in [3.05, 3.63) is 61.9 Å². The first-order valence-electron chi connectivity index (χ1n) is 7.60. The number of rotatable bonds is 2. The average molecular weight is 569 g/mol. The van der Waals surface area contributed by atoms with E-state index in [9.17, 15) is 0 Å². The minimum atomic E-state index is 0.740. The lowest BCUT2D eigenvalue weighted by atomic mass is 10.3. The maximum atomic E-state index is 3.43. The maximum absolute atomic E-state index is 3.43. The van der Waals surface area contributed by atoms with Gasteiger partial charge in [0.2, 0.25) is 0 Å². The molecule has 23 heavy (non-hydrogen) atoms. The summed E-state index contributed by atoms with van der Waals surface area (Å²) in [5, 5.41) is 3.43. The molecule has 1 nitrogen and oxygen atoms in total. The number of alkyl halides is 1. The van der Waals surface area contributed by atoms with Gasteiger partial charge >= 0.3 is 0 Å². The van der Waals surface area contributed by atoms with Gasteiger partial charge in [-0.3, -0.25) is 0 Å². The molecule has 0 aliphatic heterocycles. The molecule has 0 aromatic heterocycles. The second kappa shape index (κ2) is 10.2. The number of nitrogens with one attached hydrogen (secondary N) is 1.